The number of nitrogens with zero attached hydrogens (tertiary/aromatic N) is 2. The highest BCUT2D eigenvalue weighted by atomic mass is 19.1. The lowest BCUT2D eigenvalue weighted by Gasteiger charge is -2.28. The molecule has 0 spiro atoms. The average molecular weight is 450 g/mol. The minimum Gasteiger partial charge on any atom is -0.360 e. The largest absolute Gasteiger partial charge is 0.360 e. The van der Waals surface area contributed by atoms with E-state index >= 15 is 0 Å². The summed E-state index contributed by atoms with van der Waals surface area (Å²) < 4.78 is 13.6. The molecule has 170 valence electrons. The molecule has 3 nitrogen and oxygen atoms in total. The summed E-state index contributed by atoms with van der Waals surface area (Å²) in [5, 5.41) is 0. The number of rotatable bonds is 4. The first-order valence-corrected chi connectivity index (χ1v) is 12.0. The molecular formula is C30H28FN3. The second kappa shape index (κ2) is 8.69. The monoisotopic (exact) mass is 449 g/mol. The van der Waals surface area contributed by atoms with Crippen LogP contribution >= 0.6 is 0 Å². The molecule has 2 aromatic carbocycles. The van der Waals surface area contributed by atoms with Crippen LogP contribution in [0.2, 0.25) is 0 Å². The van der Waals surface area contributed by atoms with Crippen molar-refractivity contribution in [3.05, 3.63) is 108 Å². The fraction of sp³-hybridized carbons (Fsp3) is 0.233. The maximum atomic E-state index is 13.6. The van der Waals surface area contributed by atoms with Gasteiger partial charge in [-0.3, -0.25) is 9.88 Å². The first-order valence-electron chi connectivity index (χ1n) is 12.0. The standard InChI is InChI=1S/C30H28FN3/c1-20-2-4-21(5-3-20)25-17-27-16-24(12-15-34(27)19-25)28-18-33-30(23-6-8-26(31)9-7-23)29(28)22-10-13-32-14-11-22/h2-11,13-14,16,18,25,27,33H,12,15,17,19H2,1H3/t25-,27+/m0/s1. The van der Waals surface area contributed by atoms with Crippen molar-refractivity contribution in [2.75, 3.05) is 13.1 Å². The Morgan fingerprint density at radius 3 is 2.47 bits per heavy atom. The van der Waals surface area contributed by atoms with Gasteiger partial charge in [-0.2, -0.15) is 0 Å². The fourth-order valence-corrected chi connectivity index (χ4v) is 5.59. The summed E-state index contributed by atoms with van der Waals surface area (Å²) in [5.41, 5.74) is 9.69. The van der Waals surface area contributed by atoms with Gasteiger partial charge in [0.25, 0.3) is 0 Å². The van der Waals surface area contributed by atoms with Gasteiger partial charge in [-0.15, -0.1) is 0 Å². The zero-order chi connectivity index (χ0) is 23.1. The van der Waals surface area contributed by atoms with Gasteiger partial charge in [0, 0.05) is 48.8 Å². The smallest absolute Gasteiger partial charge is 0.123 e. The molecule has 1 fully saturated rings. The molecule has 0 aliphatic carbocycles. The van der Waals surface area contributed by atoms with E-state index in [9.17, 15) is 4.39 Å². The summed E-state index contributed by atoms with van der Waals surface area (Å²) in [5.74, 6) is 0.363. The van der Waals surface area contributed by atoms with E-state index in [0.29, 0.717) is 12.0 Å². The number of pyridine rings is 1. The fourth-order valence-electron chi connectivity index (χ4n) is 5.59. The van der Waals surface area contributed by atoms with Crippen molar-refractivity contribution in [3.63, 3.8) is 0 Å². The van der Waals surface area contributed by atoms with Crippen LogP contribution in [-0.4, -0.2) is 34.0 Å². The van der Waals surface area contributed by atoms with Gasteiger partial charge < -0.3 is 4.98 Å². The minimum atomic E-state index is -0.222. The summed E-state index contributed by atoms with van der Waals surface area (Å²) in [6, 6.07) is 20.3. The molecule has 4 aromatic rings. The van der Waals surface area contributed by atoms with Crippen LogP contribution < -0.4 is 0 Å². The Morgan fingerprint density at radius 2 is 1.71 bits per heavy atom. The van der Waals surface area contributed by atoms with Crippen LogP contribution in [0.1, 0.15) is 35.4 Å². The predicted octanol–water partition coefficient (Wildman–Crippen LogP) is 6.84. The third-order valence-electron chi connectivity index (χ3n) is 7.39. The second-order valence-electron chi connectivity index (χ2n) is 9.54. The Balaban J connectivity index is 1.36. The summed E-state index contributed by atoms with van der Waals surface area (Å²) in [6.45, 7) is 4.35. The third-order valence-corrected chi connectivity index (χ3v) is 7.39. The molecular weight excluding hydrogens is 421 g/mol. The number of fused-ring (bicyclic) bond motifs is 1. The van der Waals surface area contributed by atoms with Crippen molar-refractivity contribution in [1.29, 1.82) is 0 Å². The van der Waals surface area contributed by atoms with Crippen LogP contribution in [0.25, 0.3) is 28.0 Å². The summed E-state index contributed by atoms with van der Waals surface area (Å²) >= 11 is 0. The van der Waals surface area contributed by atoms with E-state index in [1.165, 1.54) is 40.0 Å². The van der Waals surface area contributed by atoms with Crippen LogP contribution in [0.3, 0.4) is 0 Å². The summed E-state index contributed by atoms with van der Waals surface area (Å²) in [6.07, 6.45) is 10.5. The third kappa shape index (κ3) is 3.88. The normalized spacial score (nSPS) is 20.2. The van der Waals surface area contributed by atoms with Crippen LogP contribution in [0.15, 0.2) is 85.3 Å². The average Bonchev–Trinajstić information content (AvgIpc) is 3.50. The lowest BCUT2D eigenvalue weighted by atomic mass is 9.90. The highest BCUT2D eigenvalue weighted by molar-refractivity contribution is 5.91. The first kappa shape index (κ1) is 21.1. The Morgan fingerprint density at radius 1 is 0.941 bits per heavy atom. The zero-order valence-corrected chi connectivity index (χ0v) is 19.3. The topological polar surface area (TPSA) is 31.9 Å². The van der Waals surface area contributed by atoms with Gasteiger partial charge in [0.1, 0.15) is 5.82 Å². The zero-order valence-electron chi connectivity index (χ0n) is 19.3. The molecule has 0 amide bonds. The van der Waals surface area contributed by atoms with Crippen molar-refractivity contribution in [3.8, 4) is 22.4 Å². The van der Waals surface area contributed by atoms with Crippen molar-refractivity contribution in [2.24, 2.45) is 0 Å². The SMILES string of the molecule is Cc1ccc([C@H]2C[C@H]3C=C(c4c[nH]c(-c5ccc(F)cc5)c4-c4ccncc4)CCN3C2)cc1. The maximum Gasteiger partial charge on any atom is 0.123 e. The van der Waals surface area contributed by atoms with E-state index in [2.05, 4.69) is 70.5 Å². The van der Waals surface area contributed by atoms with Crippen LogP contribution in [0.5, 0.6) is 0 Å². The number of hydrogen-bond acceptors (Lipinski definition) is 2. The number of aromatic amines is 1. The molecule has 0 saturated carbocycles. The lowest BCUT2D eigenvalue weighted by Crippen LogP contribution is -2.32. The van der Waals surface area contributed by atoms with Crippen molar-refractivity contribution < 1.29 is 4.39 Å². The van der Waals surface area contributed by atoms with E-state index in [1.807, 2.05) is 24.5 Å². The molecule has 0 unspecified atom stereocenters. The molecule has 1 N–H and O–H groups in total. The van der Waals surface area contributed by atoms with Gasteiger partial charge in [-0.1, -0.05) is 35.9 Å². The van der Waals surface area contributed by atoms with Crippen molar-refractivity contribution in [2.45, 2.75) is 31.7 Å². The van der Waals surface area contributed by atoms with E-state index in [-0.39, 0.29) is 5.82 Å². The van der Waals surface area contributed by atoms with Gasteiger partial charge in [0.15, 0.2) is 0 Å². The number of nitrogens with one attached hydrogen (secondary N) is 1. The number of halogens is 1. The quantitative estimate of drug-likeness (QED) is 0.370. The van der Waals surface area contributed by atoms with Gasteiger partial charge in [0.2, 0.25) is 0 Å². The molecule has 1 saturated heterocycles. The number of H-pyrrole nitrogens is 1. The molecule has 6 rings (SSSR count). The van der Waals surface area contributed by atoms with Gasteiger partial charge in [-0.25, -0.2) is 4.39 Å². The van der Waals surface area contributed by atoms with Crippen LogP contribution in [-0.2, 0) is 0 Å². The van der Waals surface area contributed by atoms with E-state index in [1.54, 1.807) is 0 Å². The Bertz CT molecular complexity index is 1320. The molecule has 34 heavy (non-hydrogen) atoms. The van der Waals surface area contributed by atoms with Gasteiger partial charge >= 0.3 is 0 Å². The summed E-state index contributed by atoms with van der Waals surface area (Å²) in [4.78, 5) is 10.4. The second-order valence-corrected chi connectivity index (χ2v) is 9.54. The van der Waals surface area contributed by atoms with Gasteiger partial charge in [0.05, 0.1) is 5.69 Å². The van der Waals surface area contributed by atoms with E-state index < -0.39 is 0 Å². The molecule has 2 aromatic heterocycles. The molecule has 2 aliphatic heterocycles. The number of hydrogen-bond donors (Lipinski definition) is 1. The van der Waals surface area contributed by atoms with Crippen LogP contribution in [0, 0.1) is 12.7 Å². The molecule has 2 atom stereocenters. The van der Waals surface area contributed by atoms with Crippen molar-refractivity contribution >= 4 is 5.57 Å². The first-order chi connectivity index (χ1) is 16.7. The van der Waals surface area contributed by atoms with Crippen molar-refractivity contribution in [1.82, 2.24) is 14.9 Å². The highest BCUT2D eigenvalue weighted by Gasteiger charge is 2.34. The number of aryl methyl sites for hydroxylation is 1. The molecule has 0 bridgehead atoms. The molecule has 0 radical (unpaired) electrons. The van der Waals surface area contributed by atoms with E-state index in [4.69, 9.17) is 0 Å². The summed E-state index contributed by atoms with van der Waals surface area (Å²) in [7, 11) is 0. The van der Waals surface area contributed by atoms with E-state index in [0.717, 1.165) is 42.8 Å². The lowest BCUT2D eigenvalue weighted by molar-refractivity contribution is 0.286. The maximum absolute atomic E-state index is 13.6. The number of aromatic nitrogens is 2. The molecule has 2 aliphatic rings. The Kier molecular flexibility index (Phi) is 5.39. The predicted molar refractivity (Wildman–Crippen MR) is 136 cm³/mol. The molecule has 4 heterocycles. The number of benzene rings is 2. The van der Waals surface area contributed by atoms with Crippen LogP contribution in [0.4, 0.5) is 4.39 Å². The molecule has 4 heteroatoms. The minimum absolute atomic E-state index is 0.222. The van der Waals surface area contributed by atoms with Gasteiger partial charge in [-0.05, 0) is 84.3 Å². The Hall–Kier alpha value is -3.50. The Labute approximate surface area is 200 Å². The highest BCUT2D eigenvalue weighted by Crippen LogP contribution is 2.42.